The van der Waals surface area contributed by atoms with Crippen molar-refractivity contribution < 1.29 is 4.79 Å². The first-order chi connectivity index (χ1) is 14.2. The van der Waals surface area contributed by atoms with E-state index in [1.54, 1.807) is 22.2 Å². The Bertz CT molecular complexity index is 1090. The van der Waals surface area contributed by atoms with Gasteiger partial charge in [-0.1, -0.05) is 59.3 Å². The summed E-state index contributed by atoms with van der Waals surface area (Å²) in [5.74, 6) is -0.273. The van der Waals surface area contributed by atoms with E-state index in [9.17, 15) is 4.79 Å². The summed E-state index contributed by atoms with van der Waals surface area (Å²) >= 11 is 7.49. The van der Waals surface area contributed by atoms with Gasteiger partial charge in [-0.05, 0) is 23.3 Å². The first-order valence-corrected chi connectivity index (χ1v) is 10.3. The molecule has 4 aromatic rings. The van der Waals surface area contributed by atoms with Crippen LogP contribution < -0.4 is 5.32 Å². The van der Waals surface area contributed by atoms with Crippen molar-refractivity contribution in [3.05, 3.63) is 98.7 Å². The quantitative estimate of drug-likeness (QED) is 0.488. The number of aromatic nitrogens is 4. The fourth-order valence-corrected chi connectivity index (χ4v) is 3.75. The fourth-order valence-electron chi connectivity index (χ4n) is 2.80. The number of amides is 1. The van der Waals surface area contributed by atoms with Gasteiger partial charge < -0.3 is 5.32 Å². The number of benzene rings is 2. The molecule has 0 spiro atoms. The Morgan fingerprint density at radius 3 is 2.66 bits per heavy atom. The maximum absolute atomic E-state index is 12.4. The number of rotatable bonds is 7. The molecule has 0 saturated carbocycles. The molecule has 0 saturated heterocycles. The SMILES string of the molecule is O=C(NCc1csc(Cc2ccccc2)n1)c1cn(Cc2ccc(Cl)cc2)nn1. The Hall–Kier alpha value is -3.03. The van der Waals surface area contributed by atoms with Gasteiger partial charge >= 0.3 is 0 Å². The van der Waals surface area contributed by atoms with Crippen LogP contribution in [-0.2, 0) is 19.5 Å². The number of nitrogens with one attached hydrogen (secondary N) is 1. The molecule has 0 radical (unpaired) electrons. The van der Waals surface area contributed by atoms with Crippen molar-refractivity contribution in [3.8, 4) is 0 Å². The molecule has 4 rings (SSSR count). The van der Waals surface area contributed by atoms with Crippen LogP contribution in [0.25, 0.3) is 0 Å². The molecule has 2 heterocycles. The summed E-state index contributed by atoms with van der Waals surface area (Å²) in [6, 6.07) is 17.7. The summed E-state index contributed by atoms with van der Waals surface area (Å²) in [4.78, 5) is 16.9. The van der Waals surface area contributed by atoms with E-state index >= 15 is 0 Å². The molecule has 2 aromatic carbocycles. The monoisotopic (exact) mass is 423 g/mol. The summed E-state index contributed by atoms with van der Waals surface area (Å²) in [5, 5.41) is 14.5. The van der Waals surface area contributed by atoms with Gasteiger partial charge in [0.15, 0.2) is 5.69 Å². The van der Waals surface area contributed by atoms with Crippen molar-refractivity contribution in [1.29, 1.82) is 0 Å². The first-order valence-electron chi connectivity index (χ1n) is 9.06. The predicted octanol–water partition coefficient (Wildman–Crippen LogP) is 3.96. The molecule has 0 atom stereocenters. The van der Waals surface area contributed by atoms with E-state index in [1.807, 2.05) is 47.8 Å². The van der Waals surface area contributed by atoms with E-state index in [1.165, 1.54) is 5.56 Å². The average Bonchev–Trinajstić information content (AvgIpc) is 3.38. The maximum Gasteiger partial charge on any atom is 0.273 e. The number of carbonyl (C=O) groups is 1. The van der Waals surface area contributed by atoms with Crippen LogP contribution in [0.4, 0.5) is 0 Å². The van der Waals surface area contributed by atoms with Crippen LogP contribution in [0.15, 0.2) is 66.2 Å². The summed E-state index contributed by atoms with van der Waals surface area (Å²) in [5.41, 5.74) is 3.36. The highest BCUT2D eigenvalue weighted by Crippen LogP contribution is 2.15. The molecule has 0 unspecified atom stereocenters. The number of carbonyl (C=O) groups excluding carboxylic acids is 1. The number of thiazole rings is 1. The number of hydrogen-bond acceptors (Lipinski definition) is 5. The molecular weight excluding hydrogens is 406 g/mol. The zero-order valence-corrected chi connectivity index (χ0v) is 17.0. The van der Waals surface area contributed by atoms with E-state index < -0.39 is 0 Å². The lowest BCUT2D eigenvalue weighted by atomic mass is 10.2. The van der Waals surface area contributed by atoms with Crippen LogP contribution in [0.1, 0.15) is 32.3 Å². The van der Waals surface area contributed by atoms with Gasteiger partial charge in [0, 0.05) is 16.8 Å². The standard InChI is InChI=1S/C21H18ClN5OS/c22-17-8-6-16(7-9-17)12-27-13-19(25-26-27)21(28)23-11-18-14-29-20(24-18)10-15-4-2-1-3-5-15/h1-9,13-14H,10-12H2,(H,23,28). The highest BCUT2D eigenvalue weighted by atomic mass is 35.5. The van der Waals surface area contributed by atoms with Crippen LogP contribution >= 0.6 is 22.9 Å². The van der Waals surface area contributed by atoms with Gasteiger partial charge in [-0.3, -0.25) is 4.79 Å². The topological polar surface area (TPSA) is 72.7 Å². The molecule has 0 bridgehead atoms. The zero-order chi connectivity index (χ0) is 20.1. The van der Waals surface area contributed by atoms with Gasteiger partial charge in [-0.2, -0.15) is 0 Å². The largest absolute Gasteiger partial charge is 0.345 e. The van der Waals surface area contributed by atoms with Gasteiger partial charge in [0.1, 0.15) is 0 Å². The van der Waals surface area contributed by atoms with E-state index in [4.69, 9.17) is 11.6 Å². The second kappa shape index (κ2) is 8.98. The molecule has 1 N–H and O–H groups in total. The third kappa shape index (κ3) is 5.28. The van der Waals surface area contributed by atoms with Crippen molar-refractivity contribution >= 4 is 28.8 Å². The third-order valence-electron chi connectivity index (χ3n) is 4.26. The summed E-state index contributed by atoms with van der Waals surface area (Å²) in [7, 11) is 0. The van der Waals surface area contributed by atoms with Gasteiger partial charge in [-0.15, -0.1) is 16.4 Å². The predicted molar refractivity (Wildman–Crippen MR) is 113 cm³/mol. The third-order valence-corrected chi connectivity index (χ3v) is 5.41. The van der Waals surface area contributed by atoms with Crippen molar-refractivity contribution in [2.45, 2.75) is 19.5 Å². The number of nitrogens with zero attached hydrogens (tertiary/aromatic N) is 4. The van der Waals surface area contributed by atoms with E-state index in [0.29, 0.717) is 18.1 Å². The van der Waals surface area contributed by atoms with Crippen LogP contribution in [0.5, 0.6) is 0 Å². The molecule has 0 aliphatic carbocycles. The minimum atomic E-state index is -0.273. The lowest BCUT2D eigenvalue weighted by molar-refractivity contribution is 0.0945. The average molecular weight is 424 g/mol. The van der Waals surface area contributed by atoms with Crippen molar-refractivity contribution in [1.82, 2.24) is 25.3 Å². The molecule has 29 heavy (non-hydrogen) atoms. The molecule has 0 aliphatic heterocycles. The lowest BCUT2D eigenvalue weighted by Crippen LogP contribution is -2.23. The zero-order valence-electron chi connectivity index (χ0n) is 15.5. The van der Waals surface area contributed by atoms with Crippen LogP contribution in [0.3, 0.4) is 0 Å². The van der Waals surface area contributed by atoms with Crippen molar-refractivity contribution in [2.24, 2.45) is 0 Å². The molecule has 146 valence electrons. The minimum Gasteiger partial charge on any atom is -0.345 e. The second-order valence-corrected chi connectivity index (χ2v) is 7.88. The first kappa shape index (κ1) is 19.3. The van der Waals surface area contributed by atoms with Crippen LogP contribution in [0, 0.1) is 0 Å². The molecule has 1 amide bonds. The Labute approximate surface area is 177 Å². The van der Waals surface area contributed by atoms with Crippen LogP contribution in [0.2, 0.25) is 5.02 Å². The van der Waals surface area contributed by atoms with Gasteiger partial charge in [-0.25, -0.2) is 9.67 Å². The highest BCUT2D eigenvalue weighted by molar-refractivity contribution is 7.09. The normalized spacial score (nSPS) is 10.8. The molecule has 6 nitrogen and oxygen atoms in total. The molecule has 8 heteroatoms. The number of hydrogen-bond donors (Lipinski definition) is 1. The molecule has 0 fully saturated rings. The summed E-state index contributed by atoms with van der Waals surface area (Å²) in [6.45, 7) is 0.876. The van der Waals surface area contributed by atoms with E-state index in [0.717, 1.165) is 22.7 Å². The maximum atomic E-state index is 12.4. The minimum absolute atomic E-state index is 0.273. The Morgan fingerprint density at radius 1 is 1.07 bits per heavy atom. The fraction of sp³-hybridized carbons (Fsp3) is 0.143. The smallest absolute Gasteiger partial charge is 0.273 e. The Kier molecular flexibility index (Phi) is 5.97. The summed E-state index contributed by atoms with van der Waals surface area (Å²) in [6.07, 6.45) is 2.42. The Morgan fingerprint density at radius 2 is 1.86 bits per heavy atom. The van der Waals surface area contributed by atoms with Gasteiger partial charge in [0.2, 0.25) is 0 Å². The summed E-state index contributed by atoms with van der Waals surface area (Å²) < 4.78 is 1.62. The number of halogens is 1. The van der Waals surface area contributed by atoms with Crippen molar-refractivity contribution in [2.75, 3.05) is 0 Å². The Balaban J connectivity index is 1.31. The van der Waals surface area contributed by atoms with Gasteiger partial charge in [0.05, 0.1) is 30.0 Å². The van der Waals surface area contributed by atoms with Crippen molar-refractivity contribution in [3.63, 3.8) is 0 Å². The second-order valence-electron chi connectivity index (χ2n) is 6.51. The molecule has 2 aromatic heterocycles. The highest BCUT2D eigenvalue weighted by Gasteiger charge is 2.12. The van der Waals surface area contributed by atoms with E-state index in [2.05, 4.69) is 32.7 Å². The molecule has 0 aliphatic rings. The van der Waals surface area contributed by atoms with E-state index in [-0.39, 0.29) is 11.6 Å². The lowest BCUT2D eigenvalue weighted by Gasteiger charge is -2.01. The van der Waals surface area contributed by atoms with Gasteiger partial charge in [0.25, 0.3) is 5.91 Å². The van der Waals surface area contributed by atoms with Crippen LogP contribution in [-0.4, -0.2) is 25.9 Å². The molecular formula is C21H18ClN5OS.